The van der Waals surface area contributed by atoms with Gasteiger partial charge >= 0.3 is 0 Å². The first-order valence-electron chi connectivity index (χ1n) is 5.43. The van der Waals surface area contributed by atoms with Crippen LogP contribution in [0, 0.1) is 0 Å². The standard InChI is InChI=1S/C12H14BrN3OS/c1-12(2,3)10-15-11(18-16-10)17-9-5-4-7(13)6-8(9)14/h4-6H,14H2,1-3H3. The lowest BCUT2D eigenvalue weighted by atomic mass is 9.96. The van der Waals surface area contributed by atoms with Gasteiger partial charge in [-0.3, -0.25) is 0 Å². The molecule has 0 atom stereocenters. The molecule has 2 rings (SSSR count). The first-order valence-corrected chi connectivity index (χ1v) is 7.00. The lowest BCUT2D eigenvalue weighted by molar-refractivity contribution is 0.470. The summed E-state index contributed by atoms with van der Waals surface area (Å²) >= 11 is 4.58. The monoisotopic (exact) mass is 327 g/mol. The zero-order chi connectivity index (χ0) is 13.3. The second kappa shape index (κ2) is 4.85. The van der Waals surface area contributed by atoms with Crippen molar-refractivity contribution in [2.45, 2.75) is 26.2 Å². The molecule has 0 saturated carbocycles. The van der Waals surface area contributed by atoms with Crippen molar-refractivity contribution in [1.29, 1.82) is 0 Å². The molecule has 0 fully saturated rings. The summed E-state index contributed by atoms with van der Waals surface area (Å²) in [6, 6.07) is 5.47. The van der Waals surface area contributed by atoms with Gasteiger partial charge in [0.1, 0.15) is 0 Å². The van der Waals surface area contributed by atoms with Gasteiger partial charge in [0.15, 0.2) is 11.6 Å². The lowest BCUT2D eigenvalue weighted by Gasteiger charge is -2.12. The molecule has 2 N–H and O–H groups in total. The molecule has 0 radical (unpaired) electrons. The number of nitrogen functional groups attached to an aromatic ring is 1. The van der Waals surface area contributed by atoms with E-state index in [0.29, 0.717) is 16.6 Å². The molecule has 4 nitrogen and oxygen atoms in total. The fourth-order valence-electron chi connectivity index (χ4n) is 1.26. The average molecular weight is 328 g/mol. The van der Waals surface area contributed by atoms with Gasteiger partial charge in [-0.1, -0.05) is 36.7 Å². The molecule has 0 saturated heterocycles. The van der Waals surface area contributed by atoms with Crippen molar-refractivity contribution in [3.8, 4) is 10.9 Å². The summed E-state index contributed by atoms with van der Waals surface area (Å²) in [5.74, 6) is 1.37. The maximum absolute atomic E-state index is 5.86. The van der Waals surface area contributed by atoms with Gasteiger partial charge in [-0.15, -0.1) is 0 Å². The van der Waals surface area contributed by atoms with Crippen LogP contribution in [0.15, 0.2) is 22.7 Å². The number of hydrogen-bond acceptors (Lipinski definition) is 5. The molecule has 0 aliphatic carbocycles. The molecule has 0 unspecified atom stereocenters. The first kappa shape index (κ1) is 13.3. The quantitative estimate of drug-likeness (QED) is 0.847. The zero-order valence-electron chi connectivity index (χ0n) is 10.4. The van der Waals surface area contributed by atoms with E-state index in [9.17, 15) is 0 Å². The third-order valence-electron chi connectivity index (χ3n) is 2.25. The number of nitrogens with zero attached hydrogens (tertiary/aromatic N) is 2. The normalized spacial score (nSPS) is 11.6. The number of benzene rings is 1. The Bertz CT molecular complexity index is 563. The number of hydrogen-bond donors (Lipinski definition) is 1. The van der Waals surface area contributed by atoms with Crippen molar-refractivity contribution in [2.75, 3.05) is 5.73 Å². The van der Waals surface area contributed by atoms with Gasteiger partial charge in [0, 0.05) is 21.4 Å². The van der Waals surface area contributed by atoms with Crippen molar-refractivity contribution < 1.29 is 4.74 Å². The molecular weight excluding hydrogens is 314 g/mol. The predicted octanol–water partition coefficient (Wildman–Crippen LogP) is 3.97. The Morgan fingerprint density at radius 2 is 2.06 bits per heavy atom. The Morgan fingerprint density at radius 3 is 2.61 bits per heavy atom. The Morgan fingerprint density at radius 1 is 1.33 bits per heavy atom. The van der Waals surface area contributed by atoms with Crippen LogP contribution in [0.25, 0.3) is 0 Å². The molecule has 0 bridgehead atoms. The van der Waals surface area contributed by atoms with Crippen LogP contribution in [-0.2, 0) is 5.41 Å². The number of rotatable bonds is 2. The third-order valence-corrected chi connectivity index (χ3v) is 3.34. The van der Waals surface area contributed by atoms with E-state index in [-0.39, 0.29) is 5.41 Å². The van der Waals surface area contributed by atoms with Gasteiger partial charge < -0.3 is 10.5 Å². The van der Waals surface area contributed by atoms with E-state index in [1.54, 1.807) is 12.1 Å². The van der Waals surface area contributed by atoms with Gasteiger partial charge in [0.05, 0.1) is 5.69 Å². The highest BCUT2D eigenvalue weighted by Crippen LogP contribution is 2.32. The maximum Gasteiger partial charge on any atom is 0.298 e. The van der Waals surface area contributed by atoms with E-state index in [1.807, 2.05) is 6.07 Å². The second-order valence-electron chi connectivity index (χ2n) is 4.92. The van der Waals surface area contributed by atoms with Gasteiger partial charge in [-0.05, 0) is 18.2 Å². The van der Waals surface area contributed by atoms with Crippen molar-refractivity contribution in [2.24, 2.45) is 0 Å². The maximum atomic E-state index is 5.86. The number of anilines is 1. The summed E-state index contributed by atoms with van der Waals surface area (Å²) in [7, 11) is 0. The van der Waals surface area contributed by atoms with E-state index in [1.165, 1.54) is 11.5 Å². The van der Waals surface area contributed by atoms with E-state index >= 15 is 0 Å². The number of halogens is 1. The highest BCUT2D eigenvalue weighted by molar-refractivity contribution is 9.10. The molecule has 0 aliphatic rings. The van der Waals surface area contributed by atoms with Crippen molar-refractivity contribution >= 4 is 33.1 Å². The third kappa shape index (κ3) is 3.00. The van der Waals surface area contributed by atoms with E-state index in [0.717, 1.165) is 10.3 Å². The van der Waals surface area contributed by atoms with Gasteiger partial charge in [-0.25, -0.2) is 0 Å². The summed E-state index contributed by atoms with van der Waals surface area (Å²) in [5.41, 5.74) is 6.35. The Kier molecular flexibility index (Phi) is 3.59. The SMILES string of the molecule is CC(C)(C)c1nsc(Oc2ccc(Br)cc2N)n1. The average Bonchev–Trinajstić information content (AvgIpc) is 2.70. The minimum atomic E-state index is -0.0800. The zero-order valence-corrected chi connectivity index (χ0v) is 12.8. The highest BCUT2D eigenvalue weighted by Gasteiger charge is 2.20. The minimum absolute atomic E-state index is 0.0800. The summed E-state index contributed by atoms with van der Waals surface area (Å²) in [5, 5.41) is 0.508. The Hall–Kier alpha value is -1.14. The number of ether oxygens (including phenoxy) is 1. The van der Waals surface area contributed by atoms with Crippen LogP contribution in [0.2, 0.25) is 0 Å². The van der Waals surface area contributed by atoms with Crippen molar-refractivity contribution in [3.63, 3.8) is 0 Å². The molecule has 2 aromatic rings. The largest absolute Gasteiger partial charge is 0.428 e. The van der Waals surface area contributed by atoms with E-state index in [4.69, 9.17) is 10.5 Å². The number of nitrogens with two attached hydrogens (primary N) is 1. The number of aromatic nitrogens is 2. The molecule has 1 aromatic carbocycles. The van der Waals surface area contributed by atoms with Crippen LogP contribution in [-0.4, -0.2) is 9.36 Å². The van der Waals surface area contributed by atoms with Crippen molar-refractivity contribution in [3.05, 3.63) is 28.5 Å². The van der Waals surface area contributed by atoms with Crippen LogP contribution in [0.5, 0.6) is 10.9 Å². The van der Waals surface area contributed by atoms with Crippen LogP contribution in [0.1, 0.15) is 26.6 Å². The smallest absolute Gasteiger partial charge is 0.298 e. The van der Waals surface area contributed by atoms with E-state index in [2.05, 4.69) is 46.1 Å². The van der Waals surface area contributed by atoms with E-state index < -0.39 is 0 Å². The molecule has 96 valence electrons. The van der Waals surface area contributed by atoms with Gasteiger partial charge in [0.25, 0.3) is 5.19 Å². The molecule has 0 spiro atoms. The van der Waals surface area contributed by atoms with Gasteiger partial charge in [-0.2, -0.15) is 9.36 Å². The molecule has 0 aliphatic heterocycles. The fraction of sp³-hybridized carbons (Fsp3) is 0.333. The highest BCUT2D eigenvalue weighted by atomic mass is 79.9. The Labute approximate surface area is 118 Å². The molecule has 0 amide bonds. The van der Waals surface area contributed by atoms with Gasteiger partial charge in [0.2, 0.25) is 0 Å². The predicted molar refractivity (Wildman–Crippen MR) is 77.2 cm³/mol. The van der Waals surface area contributed by atoms with Crippen LogP contribution >= 0.6 is 27.5 Å². The minimum Gasteiger partial charge on any atom is -0.428 e. The summed E-state index contributed by atoms with van der Waals surface area (Å²) in [6.07, 6.45) is 0. The summed E-state index contributed by atoms with van der Waals surface area (Å²) < 4.78 is 10.8. The van der Waals surface area contributed by atoms with Crippen molar-refractivity contribution in [1.82, 2.24) is 9.36 Å². The molecule has 1 heterocycles. The molecular formula is C12H14BrN3OS. The topological polar surface area (TPSA) is 61.0 Å². The summed E-state index contributed by atoms with van der Waals surface area (Å²) in [6.45, 7) is 6.19. The second-order valence-corrected chi connectivity index (χ2v) is 6.55. The van der Waals surface area contributed by atoms with Crippen LogP contribution in [0.3, 0.4) is 0 Å². The van der Waals surface area contributed by atoms with Crippen LogP contribution in [0.4, 0.5) is 5.69 Å². The Balaban J connectivity index is 2.21. The fourth-order valence-corrected chi connectivity index (χ4v) is 2.37. The summed E-state index contributed by atoms with van der Waals surface area (Å²) in [4.78, 5) is 4.36. The lowest BCUT2D eigenvalue weighted by Crippen LogP contribution is -2.12. The molecule has 18 heavy (non-hydrogen) atoms. The molecule has 1 aromatic heterocycles. The van der Waals surface area contributed by atoms with Crippen LogP contribution < -0.4 is 10.5 Å². The molecule has 6 heteroatoms. The first-order chi connectivity index (χ1) is 8.36.